The third kappa shape index (κ3) is 4.34. The maximum Gasteiger partial charge on any atom is 0.258 e. The monoisotopic (exact) mass is 547 g/mol. The fourth-order valence-corrected chi connectivity index (χ4v) is 7.30. The number of anilines is 1. The molecule has 0 radical (unpaired) electrons. The number of furan rings is 1. The lowest BCUT2D eigenvalue weighted by molar-refractivity contribution is -0.113. The second-order valence-corrected chi connectivity index (χ2v) is 11.7. The first kappa shape index (κ1) is 24.9. The summed E-state index contributed by atoms with van der Waals surface area (Å²) in [5.74, 6) is 0.660. The van der Waals surface area contributed by atoms with Crippen LogP contribution in [0.2, 0.25) is 0 Å². The Balaban J connectivity index is 1.27. The fraction of sp³-hybridized carbons (Fsp3) is 0.242. The maximum absolute atomic E-state index is 14.4. The molecular weight excluding hydrogens is 518 g/mol. The van der Waals surface area contributed by atoms with Crippen molar-refractivity contribution in [1.82, 2.24) is 9.55 Å². The van der Waals surface area contributed by atoms with E-state index in [9.17, 15) is 9.59 Å². The summed E-state index contributed by atoms with van der Waals surface area (Å²) >= 11 is 1.29. The van der Waals surface area contributed by atoms with Gasteiger partial charge < -0.3 is 9.73 Å². The van der Waals surface area contributed by atoms with E-state index < -0.39 is 0 Å². The number of fused-ring (bicyclic) bond motifs is 5. The van der Waals surface area contributed by atoms with Crippen LogP contribution in [-0.4, -0.2) is 21.2 Å². The van der Waals surface area contributed by atoms with E-state index >= 15 is 0 Å². The molecule has 1 amide bonds. The standard InChI is InChI=1S/C33H29N3O3S/c37-28(34-27-15-7-11-22-9-1-3-13-25(22)27)21-40-32-35-30-26-14-4-2-10-23(26)19-33(16-5-6-17-33)29(30)31(38)36(32)20-24-12-8-18-39-24/h1-4,7-15,18H,5-6,16-17,19-21H2,(H,34,37). The molecule has 2 aliphatic carbocycles. The Labute approximate surface area is 236 Å². The molecule has 40 heavy (non-hydrogen) atoms. The van der Waals surface area contributed by atoms with Gasteiger partial charge in [0.05, 0.1) is 29.8 Å². The topological polar surface area (TPSA) is 77.1 Å². The predicted molar refractivity (Wildman–Crippen MR) is 159 cm³/mol. The van der Waals surface area contributed by atoms with Gasteiger partial charge in [-0.15, -0.1) is 0 Å². The first-order chi connectivity index (χ1) is 19.6. The summed E-state index contributed by atoms with van der Waals surface area (Å²) in [6.07, 6.45) is 6.70. The first-order valence-electron chi connectivity index (χ1n) is 13.8. The average Bonchev–Trinajstić information content (AvgIpc) is 3.66. The van der Waals surface area contributed by atoms with E-state index in [4.69, 9.17) is 9.40 Å². The van der Waals surface area contributed by atoms with Crippen molar-refractivity contribution in [1.29, 1.82) is 0 Å². The van der Waals surface area contributed by atoms with Gasteiger partial charge in [0, 0.05) is 22.1 Å². The van der Waals surface area contributed by atoms with Crippen molar-refractivity contribution in [2.24, 2.45) is 0 Å². The molecule has 1 spiro atoms. The Morgan fingerprint density at radius 1 is 0.975 bits per heavy atom. The van der Waals surface area contributed by atoms with Crippen LogP contribution in [0.5, 0.6) is 0 Å². The van der Waals surface area contributed by atoms with Gasteiger partial charge in [0.2, 0.25) is 5.91 Å². The molecule has 5 aromatic rings. The average molecular weight is 548 g/mol. The Morgan fingerprint density at radius 3 is 2.62 bits per heavy atom. The summed E-state index contributed by atoms with van der Waals surface area (Å²) < 4.78 is 7.34. The molecule has 3 aromatic carbocycles. The summed E-state index contributed by atoms with van der Waals surface area (Å²) in [5, 5.41) is 5.64. The van der Waals surface area contributed by atoms with Crippen LogP contribution < -0.4 is 10.9 Å². The normalized spacial score (nSPS) is 15.2. The van der Waals surface area contributed by atoms with Gasteiger partial charge in [-0.3, -0.25) is 14.2 Å². The van der Waals surface area contributed by atoms with Gasteiger partial charge in [0.25, 0.3) is 5.56 Å². The molecule has 2 heterocycles. The van der Waals surface area contributed by atoms with Crippen molar-refractivity contribution in [3.05, 3.63) is 112 Å². The lowest BCUT2D eigenvalue weighted by Crippen LogP contribution is -2.40. The van der Waals surface area contributed by atoms with E-state index in [0.29, 0.717) is 10.9 Å². The van der Waals surface area contributed by atoms with Crippen molar-refractivity contribution in [2.45, 2.75) is 49.2 Å². The quantitative estimate of drug-likeness (QED) is 0.187. The van der Waals surface area contributed by atoms with Gasteiger partial charge in [-0.25, -0.2) is 4.98 Å². The Bertz CT molecular complexity index is 1780. The largest absolute Gasteiger partial charge is 0.467 e. The van der Waals surface area contributed by atoms with E-state index in [0.717, 1.165) is 65.4 Å². The molecule has 2 aromatic heterocycles. The second kappa shape index (κ2) is 10.1. The molecule has 7 rings (SSSR count). The van der Waals surface area contributed by atoms with E-state index in [1.165, 1.54) is 17.3 Å². The van der Waals surface area contributed by atoms with E-state index in [-0.39, 0.29) is 29.2 Å². The van der Waals surface area contributed by atoms with Crippen molar-refractivity contribution < 1.29 is 9.21 Å². The van der Waals surface area contributed by atoms with Crippen LogP contribution in [0.25, 0.3) is 22.0 Å². The van der Waals surface area contributed by atoms with Crippen LogP contribution in [-0.2, 0) is 23.2 Å². The molecule has 200 valence electrons. The van der Waals surface area contributed by atoms with Crippen LogP contribution in [0, 0.1) is 0 Å². The van der Waals surface area contributed by atoms with Gasteiger partial charge in [-0.05, 0) is 48.4 Å². The zero-order chi connectivity index (χ0) is 27.1. The molecule has 0 saturated heterocycles. The fourth-order valence-electron chi connectivity index (χ4n) is 6.50. The lowest BCUT2D eigenvalue weighted by atomic mass is 9.68. The number of benzene rings is 3. The minimum Gasteiger partial charge on any atom is -0.467 e. The number of aromatic nitrogens is 2. The van der Waals surface area contributed by atoms with Crippen molar-refractivity contribution in [3.63, 3.8) is 0 Å². The number of amides is 1. The number of hydrogen-bond acceptors (Lipinski definition) is 5. The summed E-state index contributed by atoms with van der Waals surface area (Å²) in [6.45, 7) is 0.275. The molecule has 0 atom stereocenters. The van der Waals surface area contributed by atoms with Crippen molar-refractivity contribution in [2.75, 3.05) is 11.1 Å². The number of nitrogens with zero attached hydrogens (tertiary/aromatic N) is 2. The summed E-state index contributed by atoms with van der Waals surface area (Å²) in [5.41, 5.74) is 4.45. The van der Waals surface area contributed by atoms with Crippen LogP contribution in [0.4, 0.5) is 5.69 Å². The molecule has 0 bridgehead atoms. The highest BCUT2D eigenvalue weighted by atomic mass is 32.2. The third-order valence-corrected chi connectivity index (χ3v) is 9.29. The second-order valence-electron chi connectivity index (χ2n) is 10.8. The number of carbonyl (C=O) groups is 1. The summed E-state index contributed by atoms with van der Waals surface area (Å²) in [6, 6.07) is 25.9. The zero-order valence-electron chi connectivity index (χ0n) is 22.1. The molecular formula is C33H29N3O3S. The number of thioether (sulfide) groups is 1. The van der Waals surface area contributed by atoms with Gasteiger partial charge in [-0.2, -0.15) is 0 Å². The molecule has 0 aliphatic heterocycles. The molecule has 2 aliphatic rings. The Kier molecular flexibility index (Phi) is 6.31. The third-order valence-electron chi connectivity index (χ3n) is 8.32. The highest BCUT2D eigenvalue weighted by molar-refractivity contribution is 7.99. The SMILES string of the molecule is O=C(CSc1nc2c(c(=O)n1Cc1ccco1)C1(CCCC1)Cc1ccccc1-2)Nc1cccc2ccccc12. The van der Waals surface area contributed by atoms with Crippen molar-refractivity contribution in [3.8, 4) is 11.3 Å². The maximum atomic E-state index is 14.4. The number of rotatable bonds is 6. The molecule has 1 N–H and O–H groups in total. The summed E-state index contributed by atoms with van der Waals surface area (Å²) in [7, 11) is 0. The first-order valence-corrected chi connectivity index (χ1v) is 14.8. The van der Waals surface area contributed by atoms with E-state index in [1.807, 2.05) is 60.7 Å². The number of hydrogen-bond donors (Lipinski definition) is 1. The molecule has 1 fully saturated rings. The van der Waals surface area contributed by atoms with Gasteiger partial charge in [0.15, 0.2) is 5.16 Å². The van der Waals surface area contributed by atoms with Gasteiger partial charge >= 0.3 is 0 Å². The van der Waals surface area contributed by atoms with Gasteiger partial charge in [-0.1, -0.05) is 85.3 Å². The van der Waals surface area contributed by atoms with Crippen LogP contribution in [0.1, 0.15) is 42.6 Å². The van der Waals surface area contributed by atoms with E-state index in [2.05, 4.69) is 23.5 Å². The Hall–Kier alpha value is -4.10. The smallest absolute Gasteiger partial charge is 0.258 e. The van der Waals surface area contributed by atoms with Crippen molar-refractivity contribution >= 4 is 34.1 Å². The lowest BCUT2D eigenvalue weighted by Gasteiger charge is -2.36. The number of carbonyl (C=O) groups excluding carboxylic acids is 1. The summed E-state index contributed by atoms with van der Waals surface area (Å²) in [4.78, 5) is 32.7. The van der Waals surface area contributed by atoms with Crippen LogP contribution >= 0.6 is 11.8 Å². The number of nitrogens with one attached hydrogen (secondary N) is 1. The van der Waals surface area contributed by atoms with Crippen LogP contribution in [0.3, 0.4) is 0 Å². The molecule has 0 unspecified atom stereocenters. The predicted octanol–water partition coefficient (Wildman–Crippen LogP) is 6.80. The molecule has 6 nitrogen and oxygen atoms in total. The van der Waals surface area contributed by atoms with Crippen LogP contribution in [0.15, 0.2) is 99.5 Å². The van der Waals surface area contributed by atoms with Gasteiger partial charge in [0.1, 0.15) is 5.76 Å². The highest BCUT2D eigenvalue weighted by Crippen LogP contribution is 2.50. The minimum absolute atomic E-state index is 0.0187. The highest BCUT2D eigenvalue weighted by Gasteiger charge is 2.44. The zero-order valence-corrected chi connectivity index (χ0v) is 22.9. The van der Waals surface area contributed by atoms with E-state index in [1.54, 1.807) is 10.8 Å². The minimum atomic E-state index is -0.187. The molecule has 7 heteroatoms. The molecule has 1 saturated carbocycles. The Morgan fingerprint density at radius 2 is 1.77 bits per heavy atom.